The van der Waals surface area contributed by atoms with Gasteiger partial charge in [-0.05, 0) is 96.8 Å². The maximum atomic E-state index is 12.5. The molecule has 0 aliphatic heterocycles. The Bertz CT molecular complexity index is 870. The number of fused-ring (bicyclic) bond motifs is 8. The maximum Gasteiger partial charge on any atom is 0.306 e. The number of benzene rings is 1. The monoisotopic (exact) mass is 458 g/mol. The van der Waals surface area contributed by atoms with Gasteiger partial charge in [0.15, 0.2) is 6.79 Å². The molecule has 182 valence electrons. The van der Waals surface area contributed by atoms with Crippen LogP contribution in [0.25, 0.3) is 0 Å². The number of rotatable bonds is 9. The lowest BCUT2D eigenvalue weighted by molar-refractivity contribution is -0.143. The zero-order chi connectivity index (χ0) is 23.2. The van der Waals surface area contributed by atoms with Crippen molar-refractivity contribution in [3.8, 4) is 5.75 Å². The summed E-state index contributed by atoms with van der Waals surface area (Å²) in [4.78, 5) is 12.5. The molecule has 33 heavy (non-hydrogen) atoms. The molecule has 4 aliphatic rings. The van der Waals surface area contributed by atoms with E-state index >= 15 is 0 Å². The third-order valence-corrected chi connectivity index (χ3v) is 9.17. The first-order valence-corrected chi connectivity index (χ1v) is 12.5. The molecule has 0 bridgehead atoms. The van der Waals surface area contributed by atoms with E-state index in [1.807, 2.05) is 6.92 Å². The van der Waals surface area contributed by atoms with Crippen molar-refractivity contribution in [2.45, 2.75) is 63.9 Å². The molecule has 0 N–H and O–H groups in total. The van der Waals surface area contributed by atoms with E-state index in [9.17, 15) is 4.79 Å². The van der Waals surface area contributed by atoms with E-state index in [1.54, 1.807) is 14.2 Å². The summed E-state index contributed by atoms with van der Waals surface area (Å²) in [7, 11) is 3.34. The second kappa shape index (κ2) is 9.20. The van der Waals surface area contributed by atoms with E-state index in [-0.39, 0.29) is 24.3 Å². The third kappa shape index (κ3) is 3.88. The van der Waals surface area contributed by atoms with Gasteiger partial charge in [0.1, 0.15) is 12.5 Å². The van der Waals surface area contributed by atoms with Gasteiger partial charge in [-0.15, -0.1) is 0 Å². The van der Waals surface area contributed by atoms with Crippen molar-refractivity contribution in [2.24, 2.45) is 29.1 Å². The second-order valence-corrected chi connectivity index (χ2v) is 10.6. The lowest BCUT2D eigenvalue weighted by atomic mass is 9.55. The summed E-state index contributed by atoms with van der Waals surface area (Å²) < 4.78 is 27.6. The molecule has 5 rings (SSSR count). The molecule has 0 heterocycles. The van der Waals surface area contributed by atoms with E-state index < -0.39 is 0 Å². The van der Waals surface area contributed by atoms with Gasteiger partial charge >= 0.3 is 5.97 Å². The van der Waals surface area contributed by atoms with Crippen LogP contribution in [-0.2, 0) is 23.7 Å². The van der Waals surface area contributed by atoms with E-state index in [2.05, 4.69) is 25.1 Å². The highest BCUT2D eigenvalue weighted by atomic mass is 16.7. The Hall–Kier alpha value is -1.63. The largest absolute Gasteiger partial charge is 0.468 e. The van der Waals surface area contributed by atoms with E-state index in [1.165, 1.54) is 30.4 Å². The van der Waals surface area contributed by atoms with Crippen molar-refractivity contribution >= 4 is 5.97 Å². The molecule has 1 aromatic rings. The highest BCUT2D eigenvalue weighted by molar-refractivity contribution is 5.71. The highest BCUT2D eigenvalue weighted by Gasteiger charge is 2.67. The zero-order valence-electron chi connectivity index (χ0n) is 20.4. The smallest absolute Gasteiger partial charge is 0.306 e. The van der Waals surface area contributed by atoms with Gasteiger partial charge in [-0.1, -0.05) is 13.0 Å². The SMILES string of the molecule is CCOC(=O)CC1C2c3cc(OCOC)ccc3[C@H]3CC[C@]4(C)[C@@H](OCOC)CC[C@H]4[C@@H]3[C@@H]12. The van der Waals surface area contributed by atoms with Crippen LogP contribution in [0.4, 0.5) is 0 Å². The first-order chi connectivity index (χ1) is 16.0. The van der Waals surface area contributed by atoms with E-state index in [0.717, 1.165) is 12.2 Å². The van der Waals surface area contributed by atoms with Crippen LogP contribution in [0.15, 0.2) is 18.2 Å². The molecule has 0 amide bonds. The van der Waals surface area contributed by atoms with Crippen LogP contribution in [0.2, 0.25) is 0 Å². The standard InChI is InChI=1S/C27H38O6/c1-5-31-23(28)13-20-24-19-12-16(32-14-29-3)6-7-17(19)18-10-11-27(2)21(25(18)26(20)24)8-9-22(27)33-15-30-4/h6-7,12,18,20-22,24-26H,5,8-11,13-15H2,1-4H3/t18-,20?,21+,22+,24?,25-,26+,27+/m1/s1. The lowest BCUT2D eigenvalue weighted by Gasteiger charge is -2.50. The summed E-state index contributed by atoms with van der Waals surface area (Å²) in [5.74, 6) is 3.87. The van der Waals surface area contributed by atoms with Gasteiger partial charge in [0.25, 0.3) is 0 Å². The summed E-state index contributed by atoms with van der Waals surface area (Å²) in [5.41, 5.74) is 3.04. The van der Waals surface area contributed by atoms with Gasteiger partial charge in [-0.25, -0.2) is 0 Å². The summed E-state index contributed by atoms with van der Waals surface area (Å²) in [5, 5.41) is 0. The van der Waals surface area contributed by atoms with Crippen molar-refractivity contribution in [1.82, 2.24) is 0 Å². The molecule has 0 saturated heterocycles. The molecule has 3 saturated carbocycles. The van der Waals surface area contributed by atoms with E-state index in [4.69, 9.17) is 23.7 Å². The Kier molecular flexibility index (Phi) is 6.45. The van der Waals surface area contributed by atoms with Crippen LogP contribution in [0.1, 0.15) is 68.9 Å². The second-order valence-electron chi connectivity index (χ2n) is 10.6. The summed E-state index contributed by atoms with van der Waals surface area (Å²) in [6, 6.07) is 6.58. The topological polar surface area (TPSA) is 63.2 Å². The van der Waals surface area contributed by atoms with Gasteiger partial charge < -0.3 is 23.7 Å². The molecular formula is C27H38O6. The molecule has 0 radical (unpaired) electrons. The molecule has 2 unspecified atom stereocenters. The Labute approximate surface area is 197 Å². The average Bonchev–Trinajstić information content (AvgIpc) is 3.41. The lowest BCUT2D eigenvalue weighted by Crippen LogP contribution is -2.45. The fourth-order valence-electron chi connectivity index (χ4n) is 7.90. The fourth-order valence-corrected chi connectivity index (χ4v) is 7.90. The van der Waals surface area contributed by atoms with Crippen LogP contribution in [0.3, 0.4) is 0 Å². The molecular weight excluding hydrogens is 420 g/mol. The minimum atomic E-state index is -0.0620. The minimum Gasteiger partial charge on any atom is -0.468 e. The molecule has 3 fully saturated rings. The Morgan fingerprint density at radius 1 is 1.06 bits per heavy atom. The molecule has 0 aromatic heterocycles. The molecule has 6 heteroatoms. The first kappa shape index (κ1) is 23.1. The Morgan fingerprint density at radius 2 is 1.88 bits per heavy atom. The number of ether oxygens (including phenoxy) is 5. The van der Waals surface area contributed by atoms with Gasteiger partial charge in [0.2, 0.25) is 0 Å². The Balaban J connectivity index is 1.46. The van der Waals surface area contributed by atoms with Crippen LogP contribution >= 0.6 is 0 Å². The quantitative estimate of drug-likeness (QED) is 0.389. The molecule has 4 aliphatic carbocycles. The summed E-state index contributed by atoms with van der Waals surface area (Å²) >= 11 is 0. The van der Waals surface area contributed by atoms with Gasteiger partial charge in [-0.2, -0.15) is 0 Å². The van der Waals surface area contributed by atoms with Gasteiger partial charge in [0, 0.05) is 20.6 Å². The number of carbonyl (C=O) groups excluding carboxylic acids is 1. The van der Waals surface area contributed by atoms with Crippen LogP contribution in [0, 0.1) is 29.1 Å². The van der Waals surface area contributed by atoms with Crippen LogP contribution in [-0.4, -0.2) is 46.5 Å². The van der Waals surface area contributed by atoms with Gasteiger partial charge in [-0.3, -0.25) is 4.79 Å². The average molecular weight is 459 g/mol. The number of carbonyl (C=O) groups is 1. The maximum absolute atomic E-state index is 12.5. The van der Waals surface area contributed by atoms with Crippen molar-refractivity contribution in [2.75, 3.05) is 34.4 Å². The molecule has 1 aromatic carbocycles. The zero-order valence-corrected chi connectivity index (χ0v) is 20.4. The normalized spacial score (nSPS) is 38.0. The Morgan fingerprint density at radius 3 is 2.64 bits per heavy atom. The van der Waals surface area contributed by atoms with Crippen LogP contribution < -0.4 is 4.74 Å². The fraction of sp³-hybridized carbons (Fsp3) is 0.741. The molecule has 8 atom stereocenters. The first-order valence-electron chi connectivity index (χ1n) is 12.5. The van der Waals surface area contributed by atoms with Crippen molar-refractivity contribution in [1.29, 1.82) is 0 Å². The van der Waals surface area contributed by atoms with Crippen LogP contribution in [0.5, 0.6) is 5.75 Å². The highest BCUT2D eigenvalue weighted by Crippen LogP contribution is 2.73. The predicted octanol–water partition coefficient (Wildman–Crippen LogP) is 4.86. The predicted molar refractivity (Wildman–Crippen MR) is 123 cm³/mol. The number of methoxy groups -OCH3 is 2. The third-order valence-electron chi connectivity index (χ3n) is 9.17. The molecule has 0 spiro atoms. The number of esters is 1. The summed E-state index contributed by atoms with van der Waals surface area (Å²) in [6.45, 7) is 5.38. The van der Waals surface area contributed by atoms with Crippen molar-refractivity contribution < 1.29 is 28.5 Å². The summed E-state index contributed by atoms with van der Waals surface area (Å²) in [6.07, 6.45) is 5.42. The van der Waals surface area contributed by atoms with Crippen molar-refractivity contribution in [3.05, 3.63) is 29.3 Å². The minimum absolute atomic E-state index is 0.0620. The molecule has 6 nitrogen and oxygen atoms in total. The van der Waals surface area contributed by atoms with E-state index in [0.29, 0.717) is 55.3 Å². The van der Waals surface area contributed by atoms with Gasteiger partial charge in [0.05, 0.1) is 12.7 Å². The number of hydrogen-bond acceptors (Lipinski definition) is 6. The van der Waals surface area contributed by atoms with Crippen molar-refractivity contribution in [3.63, 3.8) is 0 Å². The number of hydrogen-bond donors (Lipinski definition) is 0.